The van der Waals surface area contributed by atoms with Crippen molar-refractivity contribution in [2.24, 2.45) is 0 Å². The first-order valence-electron chi connectivity index (χ1n) is 19.6. The summed E-state index contributed by atoms with van der Waals surface area (Å²) < 4.78 is 0. The van der Waals surface area contributed by atoms with Gasteiger partial charge in [0.05, 0.1) is 0 Å². The van der Waals surface area contributed by atoms with Crippen LogP contribution >= 0.6 is 0 Å². The molecule has 0 aliphatic rings. The molecule has 0 spiro atoms. The minimum atomic E-state index is 1.09. The third kappa shape index (κ3) is 6.56. The second-order valence-electron chi connectivity index (χ2n) is 14.5. The lowest BCUT2D eigenvalue weighted by atomic mass is 9.84. The molecule has 0 N–H and O–H groups in total. The van der Waals surface area contributed by atoms with Crippen molar-refractivity contribution in [3.05, 3.63) is 237 Å². The fraction of sp³-hybridized carbons (Fsp3) is 0. The smallest absolute Gasteiger partial charge is 0.0473 e. The van der Waals surface area contributed by atoms with Crippen molar-refractivity contribution in [1.82, 2.24) is 0 Å². The lowest BCUT2D eigenvalue weighted by Gasteiger charge is -2.27. The summed E-state index contributed by atoms with van der Waals surface area (Å²) in [4.78, 5) is 2.39. The largest absolute Gasteiger partial charge is 0.310 e. The molecule has 0 saturated heterocycles. The number of hydrogen-bond donors (Lipinski definition) is 0. The maximum atomic E-state index is 2.41. The van der Waals surface area contributed by atoms with E-state index in [0.717, 1.165) is 22.6 Å². The van der Waals surface area contributed by atoms with Crippen molar-refractivity contribution in [3.63, 3.8) is 0 Å². The Morgan fingerprint density at radius 1 is 0.193 bits per heavy atom. The first-order chi connectivity index (χ1) is 28.3. The SMILES string of the molecule is c1ccc(-c2cc(-c3ccccc3)cc(N(c3ccccc3)c3cccc(-c4ccc5c(c4)c(-c4ccccc4)c(-c4ccccc4)c4ccccc45)c3)c2)cc1. The van der Waals surface area contributed by atoms with Crippen LogP contribution in [0.3, 0.4) is 0 Å². The molecule has 0 unspecified atom stereocenters. The van der Waals surface area contributed by atoms with Crippen molar-refractivity contribution in [2.45, 2.75) is 0 Å². The molecule has 0 atom stereocenters. The van der Waals surface area contributed by atoms with E-state index in [1.807, 2.05) is 0 Å². The first-order valence-corrected chi connectivity index (χ1v) is 19.6. The van der Waals surface area contributed by atoms with E-state index in [9.17, 15) is 0 Å². The van der Waals surface area contributed by atoms with Crippen LogP contribution in [-0.2, 0) is 0 Å². The van der Waals surface area contributed by atoms with Crippen LogP contribution in [0.1, 0.15) is 0 Å². The van der Waals surface area contributed by atoms with Gasteiger partial charge in [0.15, 0.2) is 0 Å². The van der Waals surface area contributed by atoms with Crippen LogP contribution in [0, 0.1) is 0 Å². The van der Waals surface area contributed by atoms with Crippen molar-refractivity contribution in [1.29, 1.82) is 0 Å². The molecular formula is C56H39N. The first kappa shape index (κ1) is 34.0. The average Bonchev–Trinajstić information content (AvgIpc) is 3.30. The number of anilines is 3. The molecule has 0 amide bonds. The molecule has 0 aliphatic heterocycles. The number of para-hydroxylation sites is 1. The van der Waals surface area contributed by atoms with Crippen LogP contribution in [0.15, 0.2) is 237 Å². The van der Waals surface area contributed by atoms with Crippen LogP contribution in [-0.4, -0.2) is 0 Å². The summed E-state index contributed by atoms with van der Waals surface area (Å²) in [6.45, 7) is 0. The molecule has 1 nitrogen and oxygen atoms in total. The van der Waals surface area contributed by atoms with E-state index in [4.69, 9.17) is 0 Å². The van der Waals surface area contributed by atoms with E-state index in [0.29, 0.717) is 0 Å². The Labute approximate surface area is 334 Å². The Morgan fingerprint density at radius 2 is 0.596 bits per heavy atom. The summed E-state index contributed by atoms with van der Waals surface area (Å²) in [5.74, 6) is 0. The number of rotatable bonds is 8. The molecule has 10 rings (SSSR count). The molecule has 57 heavy (non-hydrogen) atoms. The monoisotopic (exact) mass is 725 g/mol. The molecule has 10 aromatic carbocycles. The zero-order chi connectivity index (χ0) is 38.0. The lowest BCUT2D eigenvalue weighted by Crippen LogP contribution is -2.10. The molecule has 1 heteroatoms. The highest BCUT2D eigenvalue weighted by molar-refractivity contribution is 6.22. The van der Waals surface area contributed by atoms with Gasteiger partial charge in [-0.05, 0) is 126 Å². The van der Waals surface area contributed by atoms with Gasteiger partial charge in [-0.25, -0.2) is 0 Å². The molecule has 0 bridgehead atoms. The van der Waals surface area contributed by atoms with Crippen LogP contribution in [0.25, 0.3) is 77.2 Å². The third-order valence-electron chi connectivity index (χ3n) is 11.0. The molecular weight excluding hydrogens is 687 g/mol. The molecule has 0 heterocycles. The highest BCUT2D eigenvalue weighted by Gasteiger charge is 2.20. The van der Waals surface area contributed by atoms with E-state index in [1.54, 1.807) is 0 Å². The molecule has 268 valence electrons. The van der Waals surface area contributed by atoms with Gasteiger partial charge in [0.2, 0.25) is 0 Å². The van der Waals surface area contributed by atoms with E-state index in [2.05, 4.69) is 241 Å². The molecule has 10 aromatic rings. The second kappa shape index (κ2) is 15.0. The predicted molar refractivity (Wildman–Crippen MR) is 243 cm³/mol. The topological polar surface area (TPSA) is 3.24 Å². The van der Waals surface area contributed by atoms with E-state index >= 15 is 0 Å². The summed E-state index contributed by atoms with van der Waals surface area (Å²) in [5.41, 5.74) is 15.3. The normalized spacial score (nSPS) is 11.2. The minimum Gasteiger partial charge on any atom is -0.310 e. The minimum absolute atomic E-state index is 1.09. The Hall–Kier alpha value is -7.48. The highest BCUT2D eigenvalue weighted by Crippen LogP contribution is 2.46. The summed E-state index contributed by atoms with van der Waals surface area (Å²) >= 11 is 0. The highest BCUT2D eigenvalue weighted by atomic mass is 15.1. The van der Waals surface area contributed by atoms with Crippen LogP contribution in [0.5, 0.6) is 0 Å². The Kier molecular flexibility index (Phi) is 8.95. The van der Waals surface area contributed by atoms with Gasteiger partial charge in [-0.2, -0.15) is 0 Å². The van der Waals surface area contributed by atoms with Crippen LogP contribution in [0.4, 0.5) is 17.1 Å². The standard InChI is InChI=1S/C56H39N/c1-6-19-40(20-7-1)46-35-47(41-21-8-2-9-22-41)38-50(37-46)57(48-28-14-5-15-29-48)49-30-18-27-44(36-49)45-33-34-52-51-31-16-17-32-53(51)55(42-23-10-3-11-24-42)56(54(52)39-45)43-25-12-4-13-26-43/h1-39H. The lowest BCUT2D eigenvalue weighted by molar-refractivity contribution is 1.28. The summed E-state index contributed by atoms with van der Waals surface area (Å²) in [5, 5.41) is 5.01. The van der Waals surface area contributed by atoms with Gasteiger partial charge in [-0.1, -0.05) is 188 Å². The number of nitrogens with zero attached hydrogens (tertiary/aromatic N) is 1. The molecule has 0 radical (unpaired) electrons. The third-order valence-corrected chi connectivity index (χ3v) is 11.0. The van der Waals surface area contributed by atoms with E-state index in [1.165, 1.54) is 71.6 Å². The van der Waals surface area contributed by atoms with Crippen molar-refractivity contribution in [2.75, 3.05) is 4.90 Å². The fourth-order valence-electron chi connectivity index (χ4n) is 8.36. The maximum Gasteiger partial charge on any atom is 0.0473 e. The molecule has 0 aromatic heterocycles. The average molecular weight is 726 g/mol. The van der Waals surface area contributed by atoms with Gasteiger partial charge in [-0.3, -0.25) is 0 Å². The Balaban J connectivity index is 1.18. The number of hydrogen-bond acceptors (Lipinski definition) is 1. The van der Waals surface area contributed by atoms with Crippen molar-refractivity contribution < 1.29 is 0 Å². The van der Waals surface area contributed by atoms with Gasteiger partial charge in [0, 0.05) is 17.1 Å². The zero-order valence-corrected chi connectivity index (χ0v) is 31.5. The van der Waals surface area contributed by atoms with Crippen LogP contribution < -0.4 is 4.90 Å². The zero-order valence-electron chi connectivity index (χ0n) is 31.5. The van der Waals surface area contributed by atoms with E-state index in [-0.39, 0.29) is 0 Å². The Bertz CT molecular complexity index is 2920. The number of benzene rings is 10. The summed E-state index contributed by atoms with van der Waals surface area (Å²) in [6.07, 6.45) is 0. The molecule has 0 saturated carbocycles. The maximum absolute atomic E-state index is 2.41. The summed E-state index contributed by atoms with van der Waals surface area (Å²) in [6, 6.07) is 85.6. The van der Waals surface area contributed by atoms with Crippen LogP contribution in [0.2, 0.25) is 0 Å². The predicted octanol–water partition coefficient (Wildman–Crippen LogP) is 15.8. The number of fused-ring (bicyclic) bond motifs is 3. The molecule has 0 fully saturated rings. The van der Waals surface area contributed by atoms with Gasteiger partial charge in [0.25, 0.3) is 0 Å². The van der Waals surface area contributed by atoms with Crippen molar-refractivity contribution >= 4 is 38.6 Å². The van der Waals surface area contributed by atoms with Crippen molar-refractivity contribution in [3.8, 4) is 55.6 Å². The van der Waals surface area contributed by atoms with Gasteiger partial charge < -0.3 is 4.90 Å². The summed E-state index contributed by atoms with van der Waals surface area (Å²) in [7, 11) is 0. The van der Waals surface area contributed by atoms with E-state index < -0.39 is 0 Å². The van der Waals surface area contributed by atoms with Gasteiger partial charge >= 0.3 is 0 Å². The quantitative estimate of drug-likeness (QED) is 0.141. The van der Waals surface area contributed by atoms with Gasteiger partial charge in [-0.15, -0.1) is 0 Å². The second-order valence-corrected chi connectivity index (χ2v) is 14.5. The molecule has 0 aliphatic carbocycles. The Morgan fingerprint density at radius 3 is 1.18 bits per heavy atom. The van der Waals surface area contributed by atoms with Gasteiger partial charge in [0.1, 0.15) is 0 Å². The fourth-order valence-corrected chi connectivity index (χ4v) is 8.36.